The first-order chi connectivity index (χ1) is 10.1. The molecule has 5 heteroatoms. The van der Waals surface area contributed by atoms with E-state index in [1.165, 1.54) is 12.1 Å². The third kappa shape index (κ3) is 3.92. The van der Waals surface area contributed by atoms with Crippen LogP contribution < -0.4 is 9.47 Å². The highest BCUT2D eigenvalue weighted by Crippen LogP contribution is 2.30. The van der Waals surface area contributed by atoms with Gasteiger partial charge in [-0.05, 0) is 30.7 Å². The van der Waals surface area contributed by atoms with Crippen LogP contribution in [0.1, 0.15) is 24.2 Å². The van der Waals surface area contributed by atoms with Crippen LogP contribution in [0.3, 0.4) is 0 Å². The molecule has 0 aromatic heterocycles. The number of para-hydroxylation sites is 1. The summed E-state index contributed by atoms with van der Waals surface area (Å²) < 4.78 is 33.9. The van der Waals surface area contributed by atoms with Crippen molar-refractivity contribution in [1.82, 2.24) is 0 Å². The van der Waals surface area contributed by atoms with E-state index in [1.54, 1.807) is 30.3 Å². The Balaban J connectivity index is 2.21. The highest BCUT2D eigenvalue weighted by molar-refractivity contribution is 5.41. The van der Waals surface area contributed by atoms with Gasteiger partial charge in [0, 0.05) is 5.56 Å². The molecule has 1 atom stereocenters. The number of hydrogen-bond acceptors (Lipinski definition) is 3. The largest absolute Gasteiger partial charge is 0.493 e. The predicted molar refractivity (Wildman–Crippen MR) is 74.7 cm³/mol. The van der Waals surface area contributed by atoms with Gasteiger partial charge in [0.1, 0.15) is 17.6 Å². The zero-order chi connectivity index (χ0) is 15.2. The van der Waals surface area contributed by atoms with Gasteiger partial charge in [-0.1, -0.05) is 30.3 Å². The maximum atomic E-state index is 12.1. The Morgan fingerprint density at radius 1 is 1.05 bits per heavy atom. The van der Waals surface area contributed by atoms with Gasteiger partial charge in [-0.25, -0.2) is 0 Å². The van der Waals surface area contributed by atoms with Crippen LogP contribution in [0.15, 0.2) is 48.5 Å². The lowest BCUT2D eigenvalue weighted by molar-refractivity contribution is -0.0498. The molecule has 0 bridgehead atoms. The van der Waals surface area contributed by atoms with E-state index in [0.717, 1.165) is 0 Å². The van der Waals surface area contributed by atoms with Gasteiger partial charge in [0.2, 0.25) is 0 Å². The summed E-state index contributed by atoms with van der Waals surface area (Å²) >= 11 is 0. The Hall–Kier alpha value is -2.14. The number of aliphatic hydroxyl groups excluding tert-OH is 1. The third-order valence-electron chi connectivity index (χ3n) is 2.93. The standard InChI is InChI=1S/C16H16F2O3/c1-2-20-14-6-4-3-5-13(14)15(19)11-7-9-12(10-8-11)21-16(17)18/h3-10,15-16,19H,2H2,1H3. The second-order valence-electron chi connectivity index (χ2n) is 4.32. The van der Waals surface area contributed by atoms with Gasteiger partial charge in [0.15, 0.2) is 0 Å². The molecule has 0 saturated carbocycles. The van der Waals surface area contributed by atoms with Crippen LogP contribution >= 0.6 is 0 Å². The molecule has 0 aliphatic heterocycles. The number of alkyl halides is 2. The molecule has 2 aromatic rings. The fourth-order valence-corrected chi connectivity index (χ4v) is 2.00. The van der Waals surface area contributed by atoms with Gasteiger partial charge in [0.05, 0.1) is 6.61 Å². The molecule has 0 amide bonds. The van der Waals surface area contributed by atoms with Crippen molar-refractivity contribution in [2.75, 3.05) is 6.61 Å². The van der Waals surface area contributed by atoms with Crippen molar-refractivity contribution in [2.24, 2.45) is 0 Å². The molecular formula is C16H16F2O3. The molecule has 0 radical (unpaired) electrons. The van der Waals surface area contributed by atoms with Crippen molar-refractivity contribution in [1.29, 1.82) is 0 Å². The molecule has 0 fully saturated rings. The van der Waals surface area contributed by atoms with Crippen LogP contribution in [0.5, 0.6) is 11.5 Å². The average Bonchev–Trinajstić information content (AvgIpc) is 2.48. The van der Waals surface area contributed by atoms with Gasteiger partial charge in [-0.3, -0.25) is 0 Å². The maximum absolute atomic E-state index is 12.1. The summed E-state index contributed by atoms with van der Waals surface area (Å²) in [6, 6.07) is 13.0. The van der Waals surface area contributed by atoms with E-state index in [9.17, 15) is 13.9 Å². The summed E-state index contributed by atoms with van der Waals surface area (Å²) in [7, 11) is 0. The van der Waals surface area contributed by atoms with Crippen LogP contribution in [0, 0.1) is 0 Å². The number of halogens is 2. The van der Waals surface area contributed by atoms with Gasteiger partial charge in [-0.2, -0.15) is 8.78 Å². The summed E-state index contributed by atoms with van der Waals surface area (Å²) in [4.78, 5) is 0. The van der Waals surface area contributed by atoms with E-state index in [2.05, 4.69) is 4.74 Å². The Morgan fingerprint density at radius 3 is 2.33 bits per heavy atom. The number of rotatable bonds is 6. The predicted octanol–water partition coefficient (Wildman–Crippen LogP) is 3.77. The fraction of sp³-hybridized carbons (Fsp3) is 0.250. The van der Waals surface area contributed by atoms with E-state index >= 15 is 0 Å². The summed E-state index contributed by atoms with van der Waals surface area (Å²) in [6.07, 6.45) is -0.895. The number of hydrogen-bond donors (Lipinski definition) is 1. The minimum Gasteiger partial charge on any atom is -0.493 e. The molecule has 0 aliphatic rings. The lowest BCUT2D eigenvalue weighted by Crippen LogP contribution is -2.05. The van der Waals surface area contributed by atoms with Gasteiger partial charge in [-0.15, -0.1) is 0 Å². The molecule has 1 unspecified atom stereocenters. The minimum atomic E-state index is -2.86. The van der Waals surface area contributed by atoms with Crippen molar-refractivity contribution in [2.45, 2.75) is 19.6 Å². The van der Waals surface area contributed by atoms with Crippen LogP contribution in [0.4, 0.5) is 8.78 Å². The molecule has 0 saturated heterocycles. The Labute approximate surface area is 121 Å². The first-order valence-electron chi connectivity index (χ1n) is 6.56. The minimum absolute atomic E-state index is 0.0547. The Morgan fingerprint density at radius 2 is 1.71 bits per heavy atom. The smallest absolute Gasteiger partial charge is 0.387 e. The maximum Gasteiger partial charge on any atom is 0.387 e. The van der Waals surface area contributed by atoms with Crippen LogP contribution in [0.2, 0.25) is 0 Å². The molecular weight excluding hydrogens is 278 g/mol. The number of benzene rings is 2. The molecule has 0 aliphatic carbocycles. The Bertz CT molecular complexity index is 570. The van der Waals surface area contributed by atoms with Crippen molar-refractivity contribution >= 4 is 0 Å². The molecule has 2 aromatic carbocycles. The zero-order valence-electron chi connectivity index (χ0n) is 11.5. The van der Waals surface area contributed by atoms with Crippen molar-refractivity contribution in [3.05, 3.63) is 59.7 Å². The second-order valence-corrected chi connectivity index (χ2v) is 4.32. The monoisotopic (exact) mass is 294 g/mol. The van der Waals surface area contributed by atoms with Gasteiger partial charge < -0.3 is 14.6 Å². The highest BCUT2D eigenvalue weighted by atomic mass is 19.3. The Kier molecular flexibility index (Phi) is 5.11. The van der Waals surface area contributed by atoms with E-state index in [-0.39, 0.29) is 5.75 Å². The molecule has 1 N–H and O–H groups in total. The first-order valence-corrected chi connectivity index (χ1v) is 6.56. The fourth-order valence-electron chi connectivity index (χ4n) is 2.00. The average molecular weight is 294 g/mol. The van der Waals surface area contributed by atoms with Gasteiger partial charge >= 0.3 is 6.61 Å². The van der Waals surface area contributed by atoms with Crippen molar-refractivity contribution in [3.8, 4) is 11.5 Å². The summed E-state index contributed by atoms with van der Waals surface area (Å²) in [5, 5.41) is 10.4. The highest BCUT2D eigenvalue weighted by Gasteiger charge is 2.15. The third-order valence-corrected chi connectivity index (χ3v) is 2.93. The quantitative estimate of drug-likeness (QED) is 0.881. The van der Waals surface area contributed by atoms with Crippen LogP contribution in [-0.4, -0.2) is 18.3 Å². The molecule has 112 valence electrons. The number of ether oxygens (including phenoxy) is 2. The SMILES string of the molecule is CCOc1ccccc1C(O)c1ccc(OC(F)F)cc1. The molecule has 2 rings (SSSR count). The van der Waals surface area contributed by atoms with Crippen molar-refractivity contribution < 1.29 is 23.4 Å². The summed E-state index contributed by atoms with van der Waals surface area (Å²) in [6.45, 7) is -0.510. The first kappa shape index (κ1) is 15.3. The molecule has 3 nitrogen and oxygen atoms in total. The van der Waals surface area contributed by atoms with Crippen molar-refractivity contribution in [3.63, 3.8) is 0 Å². The summed E-state index contributed by atoms with van der Waals surface area (Å²) in [5.41, 5.74) is 1.20. The van der Waals surface area contributed by atoms with Gasteiger partial charge in [0.25, 0.3) is 0 Å². The zero-order valence-corrected chi connectivity index (χ0v) is 11.5. The second kappa shape index (κ2) is 7.04. The lowest BCUT2D eigenvalue weighted by Gasteiger charge is -2.16. The van der Waals surface area contributed by atoms with E-state index in [0.29, 0.717) is 23.5 Å². The van der Waals surface area contributed by atoms with E-state index < -0.39 is 12.7 Å². The molecule has 0 heterocycles. The topological polar surface area (TPSA) is 38.7 Å². The van der Waals surface area contributed by atoms with Crippen LogP contribution in [0.25, 0.3) is 0 Å². The van der Waals surface area contributed by atoms with E-state index in [1.807, 2.05) is 13.0 Å². The normalized spacial score (nSPS) is 12.2. The molecule has 21 heavy (non-hydrogen) atoms. The molecule has 0 spiro atoms. The summed E-state index contributed by atoms with van der Waals surface area (Å²) in [5.74, 6) is 0.652. The number of aliphatic hydroxyl groups is 1. The van der Waals surface area contributed by atoms with E-state index in [4.69, 9.17) is 4.74 Å². The van der Waals surface area contributed by atoms with Crippen LogP contribution in [-0.2, 0) is 0 Å². The lowest BCUT2D eigenvalue weighted by atomic mass is 10.0.